The molecule has 0 unspecified atom stereocenters. The molecule has 1 aliphatic heterocycles. The molecule has 5 nitrogen and oxygen atoms in total. The summed E-state index contributed by atoms with van der Waals surface area (Å²) in [6.45, 7) is 4.01. The van der Waals surface area contributed by atoms with Crippen LogP contribution in [0.3, 0.4) is 0 Å². The van der Waals surface area contributed by atoms with E-state index in [4.69, 9.17) is 0 Å². The Morgan fingerprint density at radius 1 is 1.33 bits per heavy atom. The zero-order valence-corrected chi connectivity index (χ0v) is 12.8. The average Bonchev–Trinajstić information content (AvgIpc) is 3.12. The van der Waals surface area contributed by atoms with Gasteiger partial charge in [0.15, 0.2) is 0 Å². The molecule has 112 valence electrons. The molecular weight excluding hydrogens is 286 g/mol. The molecule has 3 rings (SSSR count). The molecule has 0 saturated carbocycles. The molecule has 0 radical (unpaired) electrons. The maximum absolute atomic E-state index is 12.8. The maximum atomic E-state index is 12.8. The number of nitrogens with zero attached hydrogens (tertiary/aromatic N) is 1. The first-order valence-corrected chi connectivity index (χ1v) is 8.55. The number of sulfonamides is 1. The Kier molecular flexibility index (Phi) is 3.73. The van der Waals surface area contributed by atoms with Crippen molar-refractivity contribution in [2.45, 2.75) is 24.8 Å². The van der Waals surface area contributed by atoms with E-state index in [9.17, 15) is 8.42 Å². The zero-order valence-electron chi connectivity index (χ0n) is 12.0. The van der Waals surface area contributed by atoms with E-state index in [-0.39, 0.29) is 0 Å². The lowest BCUT2D eigenvalue weighted by Gasteiger charge is -2.18. The number of aromatic nitrogens is 1. The fraction of sp³-hybridized carbons (Fsp3) is 0.333. The highest BCUT2D eigenvalue weighted by Gasteiger charge is 2.31. The van der Waals surface area contributed by atoms with Gasteiger partial charge in [0.2, 0.25) is 0 Å². The molecule has 0 spiro atoms. The van der Waals surface area contributed by atoms with Crippen LogP contribution in [-0.2, 0) is 23.0 Å². The summed E-state index contributed by atoms with van der Waals surface area (Å²) in [5.74, 6) is 0. The number of hydrogen-bond donors (Lipinski definition) is 2. The van der Waals surface area contributed by atoms with Gasteiger partial charge >= 0.3 is 0 Å². The topological polar surface area (TPSA) is 65.2 Å². The zero-order chi connectivity index (χ0) is 14.9. The second-order valence-electron chi connectivity index (χ2n) is 5.10. The van der Waals surface area contributed by atoms with E-state index in [1.807, 2.05) is 31.2 Å². The van der Waals surface area contributed by atoms with Crippen LogP contribution in [0.2, 0.25) is 0 Å². The maximum Gasteiger partial charge on any atom is 0.265 e. The Balaban J connectivity index is 1.89. The van der Waals surface area contributed by atoms with Crippen molar-refractivity contribution in [2.75, 3.05) is 17.4 Å². The number of nitrogens with one attached hydrogen (secondary N) is 2. The lowest BCUT2D eigenvalue weighted by Crippen LogP contribution is -2.28. The van der Waals surface area contributed by atoms with Crippen molar-refractivity contribution in [1.29, 1.82) is 0 Å². The molecule has 0 saturated heterocycles. The van der Waals surface area contributed by atoms with E-state index in [1.54, 1.807) is 12.3 Å². The van der Waals surface area contributed by atoms with Crippen molar-refractivity contribution in [3.8, 4) is 0 Å². The van der Waals surface area contributed by atoms with Crippen LogP contribution in [0, 0.1) is 0 Å². The number of rotatable bonds is 5. The summed E-state index contributed by atoms with van der Waals surface area (Å²) >= 11 is 0. The van der Waals surface area contributed by atoms with Crippen LogP contribution in [0.25, 0.3) is 0 Å². The quantitative estimate of drug-likeness (QED) is 0.886. The third-order valence-electron chi connectivity index (χ3n) is 3.71. The molecule has 2 aromatic rings. The van der Waals surface area contributed by atoms with E-state index in [2.05, 4.69) is 10.3 Å². The van der Waals surface area contributed by atoms with Gasteiger partial charge in [-0.25, -0.2) is 8.42 Å². The predicted octanol–water partition coefficient (Wildman–Crippen LogP) is 1.88. The molecule has 6 heteroatoms. The Bertz CT molecular complexity index is 737. The van der Waals surface area contributed by atoms with E-state index < -0.39 is 10.0 Å². The van der Waals surface area contributed by atoms with Crippen molar-refractivity contribution >= 4 is 15.7 Å². The normalized spacial score (nSPS) is 14.4. The van der Waals surface area contributed by atoms with Crippen LogP contribution in [0.4, 0.5) is 5.69 Å². The second kappa shape index (κ2) is 5.54. The molecule has 21 heavy (non-hydrogen) atoms. The molecule has 0 amide bonds. The highest BCUT2D eigenvalue weighted by atomic mass is 32.2. The minimum Gasteiger partial charge on any atom is -0.363 e. The summed E-state index contributed by atoms with van der Waals surface area (Å²) in [4.78, 5) is 3.35. The van der Waals surface area contributed by atoms with Crippen LogP contribution in [-0.4, -0.2) is 26.5 Å². The van der Waals surface area contributed by atoms with Gasteiger partial charge in [-0.3, -0.25) is 4.31 Å². The van der Waals surface area contributed by atoms with E-state index in [1.165, 1.54) is 4.31 Å². The van der Waals surface area contributed by atoms with Crippen LogP contribution >= 0.6 is 0 Å². The summed E-state index contributed by atoms with van der Waals surface area (Å²) in [6, 6.07) is 9.38. The van der Waals surface area contributed by atoms with Crippen molar-refractivity contribution < 1.29 is 8.42 Å². The number of benzene rings is 1. The fourth-order valence-corrected chi connectivity index (χ4v) is 4.14. The van der Waals surface area contributed by atoms with Crippen molar-refractivity contribution in [1.82, 2.24) is 10.3 Å². The summed E-state index contributed by atoms with van der Waals surface area (Å²) in [5.41, 5.74) is 2.76. The third kappa shape index (κ3) is 2.56. The molecule has 0 fully saturated rings. The molecule has 0 aliphatic carbocycles. The summed E-state index contributed by atoms with van der Waals surface area (Å²) < 4.78 is 27.0. The molecule has 1 aromatic heterocycles. The Morgan fingerprint density at radius 2 is 2.14 bits per heavy atom. The van der Waals surface area contributed by atoms with Gasteiger partial charge in [-0.2, -0.15) is 0 Å². The SMILES string of the molecule is CCNCc1cc(S(=O)(=O)N2CCc3ccccc32)c[nH]1. The number of H-pyrrole nitrogens is 1. The van der Waals surface area contributed by atoms with Gasteiger partial charge in [-0.15, -0.1) is 0 Å². The molecule has 2 N–H and O–H groups in total. The summed E-state index contributed by atoms with van der Waals surface area (Å²) in [5, 5.41) is 3.17. The highest BCUT2D eigenvalue weighted by molar-refractivity contribution is 7.92. The molecular formula is C15H19N3O2S. The second-order valence-corrected chi connectivity index (χ2v) is 6.96. The van der Waals surface area contributed by atoms with Crippen molar-refractivity contribution in [3.05, 3.63) is 47.8 Å². The van der Waals surface area contributed by atoms with Crippen LogP contribution in [0.1, 0.15) is 18.2 Å². The first-order valence-electron chi connectivity index (χ1n) is 7.11. The Morgan fingerprint density at radius 3 is 2.95 bits per heavy atom. The van der Waals surface area contributed by atoms with E-state index in [0.29, 0.717) is 18.0 Å². The molecule has 0 bridgehead atoms. The number of para-hydroxylation sites is 1. The highest BCUT2D eigenvalue weighted by Crippen LogP contribution is 2.32. The first-order chi connectivity index (χ1) is 10.1. The van der Waals surface area contributed by atoms with Gasteiger partial charge in [-0.05, 0) is 30.7 Å². The number of fused-ring (bicyclic) bond motifs is 1. The van der Waals surface area contributed by atoms with Crippen molar-refractivity contribution in [2.24, 2.45) is 0 Å². The predicted molar refractivity (Wildman–Crippen MR) is 82.9 cm³/mol. The number of anilines is 1. The van der Waals surface area contributed by atoms with Gasteiger partial charge < -0.3 is 10.3 Å². The Hall–Kier alpha value is -1.79. The van der Waals surface area contributed by atoms with Gasteiger partial charge in [-0.1, -0.05) is 25.1 Å². The van der Waals surface area contributed by atoms with Gasteiger partial charge in [0.25, 0.3) is 10.0 Å². The van der Waals surface area contributed by atoms with Crippen LogP contribution in [0.5, 0.6) is 0 Å². The van der Waals surface area contributed by atoms with Crippen LogP contribution in [0.15, 0.2) is 41.4 Å². The van der Waals surface area contributed by atoms with Gasteiger partial charge in [0, 0.05) is 25.0 Å². The number of aromatic amines is 1. The average molecular weight is 305 g/mol. The Labute approximate surface area is 125 Å². The van der Waals surface area contributed by atoms with Crippen molar-refractivity contribution in [3.63, 3.8) is 0 Å². The van der Waals surface area contributed by atoms with E-state index >= 15 is 0 Å². The smallest absolute Gasteiger partial charge is 0.265 e. The molecule has 0 atom stereocenters. The fourth-order valence-electron chi connectivity index (χ4n) is 2.61. The summed E-state index contributed by atoms with van der Waals surface area (Å²) in [7, 11) is -3.48. The molecule has 2 heterocycles. The monoisotopic (exact) mass is 305 g/mol. The van der Waals surface area contributed by atoms with Gasteiger partial charge in [0.05, 0.1) is 5.69 Å². The number of hydrogen-bond acceptors (Lipinski definition) is 3. The minimum atomic E-state index is -3.48. The lowest BCUT2D eigenvalue weighted by atomic mass is 10.2. The van der Waals surface area contributed by atoms with Crippen LogP contribution < -0.4 is 9.62 Å². The summed E-state index contributed by atoms with van der Waals surface area (Å²) in [6.07, 6.45) is 2.34. The minimum absolute atomic E-state index is 0.326. The standard InChI is InChI=1S/C15H19N3O2S/c1-2-16-10-13-9-14(11-17-13)21(19,20)18-8-7-12-5-3-4-6-15(12)18/h3-6,9,11,16-17H,2,7-8,10H2,1H3. The first kappa shape index (κ1) is 14.2. The third-order valence-corrected chi connectivity index (χ3v) is 5.51. The van der Waals surface area contributed by atoms with Gasteiger partial charge in [0.1, 0.15) is 4.90 Å². The molecule has 1 aromatic carbocycles. The van der Waals surface area contributed by atoms with E-state index in [0.717, 1.165) is 29.9 Å². The molecule has 1 aliphatic rings. The lowest BCUT2D eigenvalue weighted by molar-refractivity contribution is 0.592. The largest absolute Gasteiger partial charge is 0.363 e.